The molecule has 0 aliphatic heterocycles. The van der Waals surface area contributed by atoms with Crippen molar-refractivity contribution in [2.75, 3.05) is 5.32 Å². The van der Waals surface area contributed by atoms with Gasteiger partial charge in [-0.25, -0.2) is 9.78 Å². The first kappa shape index (κ1) is 16.9. The van der Waals surface area contributed by atoms with Gasteiger partial charge in [-0.05, 0) is 19.1 Å². The van der Waals surface area contributed by atoms with Crippen LogP contribution in [0.25, 0.3) is 11.4 Å². The van der Waals surface area contributed by atoms with Gasteiger partial charge in [-0.15, -0.1) is 22.7 Å². The summed E-state index contributed by atoms with van der Waals surface area (Å²) >= 11 is 2.58. The summed E-state index contributed by atoms with van der Waals surface area (Å²) in [5.74, 6) is -2.87. The highest BCUT2D eigenvalue weighted by Crippen LogP contribution is 2.30. The Labute approximate surface area is 148 Å². The predicted octanol–water partition coefficient (Wildman–Crippen LogP) is 2.52. The van der Waals surface area contributed by atoms with Crippen LogP contribution in [0.2, 0.25) is 0 Å². The average Bonchev–Trinajstić information content (AvgIpc) is 3.18. The first-order valence-electron chi connectivity index (χ1n) is 6.87. The number of aromatic carboxylic acids is 1. The van der Waals surface area contributed by atoms with Crippen LogP contribution in [0.1, 0.15) is 25.0 Å². The van der Waals surface area contributed by atoms with E-state index in [2.05, 4.69) is 15.3 Å². The van der Waals surface area contributed by atoms with Gasteiger partial charge < -0.3 is 20.5 Å². The number of carboxylic acid groups (broad SMARTS) is 1. The van der Waals surface area contributed by atoms with Crippen LogP contribution in [0, 0.1) is 6.92 Å². The molecule has 0 saturated carbocycles. The van der Waals surface area contributed by atoms with E-state index in [1.807, 2.05) is 13.0 Å². The number of aromatic amines is 1. The number of aromatic nitrogens is 2. The van der Waals surface area contributed by atoms with Gasteiger partial charge in [-0.1, -0.05) is 0 Å². The van der Waals surface area contributed by atoms with Crippen molar-refractivity contribution >= 4 is 40.2 Å². The second-order valence-corrected chi connectivity index (χ2v) is 7.01. The number of anilines is 1. The average molecular weight is 377 g/mol. The van der Waals surface area contributed by atoms with E-state index in [1.54, 1.807) is 16.8 Å². The minimum Gasteiger partial charge on any atom is -0.501 e. The number of hydrogen-bond acceptors (Lipinski definition) is 7. The Bertz CT molecular complexity index is 1030. The van der Waals surface area contributed by atoms with Crippen molar-refractivity contribution in [2.24, 2.45) is 0 Å². The van der Waals surface area contributed by atoms with E-state index in [-0.39, 0.29) is 11.7 Å². The van der Waals surface area contributed by atoms with Gasteiger partial charge in [-0.2, -0.15) is 0 Å². The third kappa shape index (κ3) is 3.30. The third-order valence-electron chi connectivity index (χ3n) is 3.23. The number of carbonyl (C=O) groups is 2. The van der Waals surface area contributed by atoms with Crippen LogP contribution in [0.15, 0.2) is 27.7 Å². The molecule has 0 atom stereocenters. The summed E-state index contributed by atoms with van der Waals surface area (Å²) < 4.78 is 0. The molecule has 3 heterocycles. The van der Waals surface area contributed by atoms with Crippen molar-refractivity contribution < 1.29 is 19.8 Å². The Morgan fingerprint density at radius 3 is 2.68 bits per heavy atom. The minimum atomic E-state index is -1.53. The zero-order valence-corrected chi connectivity index (χ0v) is 14.3. The summed E-state index contributed by atoms with van der Waals surface area (Å²) in [7, 11) is 0. The lowest BCUT2D eigenvalue weighted by atomic mass is 10.2. The Hall–Kier alpha value is -2.98. The molecule has 0 fully saturated rings. The molecule has 0 aliphatic carbocycles. The minimum absolute atomic E-state index is 0.0564. The SMILES string of the molecule is Cc1ccc(C(=O)Nc2cscc2-c2nc(C(=O)O)c(O)c(=O)[nH]2)s1. The largest absolute Gasteiger partial charge is 0.501 e. The summed E-state index contributed by atoms with van der Waals surface area (Å²) in [6, 6.07) is 3.52. The predicted molar refractivity (Wildman–Crippen MR) is 93.8 cm³/mol. The Morgan fingerprint density at radius 2 is 2.04 bits per heavy atom. The Kier molecular flexibility index (Phi) is 4.38. The molecule has 0 unspecified atom stereocenters. The fourth-order valence-corrected chi connectivity index (χ4v) is 3.59. The standard InChI is InChI=1S/C15H11N3O5S2/c1-6-2-3-9(25-6)13(20)16-8-5-24-4-7(8)12-17-10(15(22)23)11(19)14(21)18-12/h2-5,19H,1H3,(H,16,20)(H,22,23)(H,17,18,21). The van der Waals surface area contributed by atoms with Crippen LogP contribution in [0.4, 0.5) is 5.69 Å². The number of carbonyl (C=O) groups excluding carboxylic acids is 1. The lowest BCUT2D eigenvalue weighted by Crippen LogP contribution is -2.16. The first-order valence-corrected chi connectivity index (χ1v) is 8.63. The number of rotatable bonds is 4. The molecule has 0 radical (unpaired) electrons. The monoisotopic (exact) mass is 377 g/mol. The Balaban J connectivity index is 1.98. The molecular weight excluding hydrogens is 366 g/mol. The molecule has 0 aliphatic rings. The zero-order valence-electron chi connectivity index (χ0n) is 12.7. The highest BCUT2D eigenvalue weighted by Gasteiger charge is 2.20. The highest BCUT2D eigenvalue weighted by molar-refractivity contribution is 7.14. The molecule has 0 bridgehead atoms. The zero-order chi connectivity index (χ0) is 18.1. The third-order valence-corrected chi connectivity index (χ3v) is 4.97. The molecular formula is C15H11N3O5S2. The van der Waals surface area contributed by atoms with Crippen LogP contribution in [0.5, 0.6) is 5.75 Å². The molecule has 4 N–H and O–H groups in total. The molecule has 128 valence electrons. The van der Waals surface area contributed by atoms with Crippen LogP contribution in [-0.2, 0) is 0 Å². The number of hydrogen-bond donors (Lipinski definition) is 4. The van der Waals surface area contributed by atoms with E-state index in [0.717, 1.165) is 4.88 Å². The summed E-state index contributed by atoms with van der Waals surface area (Å²) in [6.45, 7) is 1.88. The molecule has 1 amide bonds. The molecule has 25 heavy (non-hydrogen) atoms. The first-order chi connectivity index (χ1) is 11.9. The maximum atomic E-state index is 12.3. The van der Waals surface area contributed by atoms with Crippen LogP contribution >= 0.6 is 22.7 Å². The van der Waals surface area contributed by atoms with Gasteiger partial charge in [0.25, 0.3) is 11.5 Å². The summed E-state index contributed by atoms with van der Waals surface area (Å²) in [5, 5.41) is 24.5. The summed E-state index contributed by atoms with van der Waals surface area (Å²) in [4.78, 5) is 42.7. The quantitative estimate of drug-likeness (QED) is 0.552. The number of aromatic hydroxyl groups is 1. The fraction of sp³-hybridized carbons (Fsp3) is 0.0667. The van der Waals surface area contributed by atoms with Crippen molar-refractivity contribution in [2.45, 2.75) is 6.92 Å². The second-order valence-electron chi connectivity index (χ2n) is 4.98. The number of H-pyrrole nitrogens is 1. The van der Waals surface area contributed by atoms with Gasteiger partial charge in [0.05, 0.1) is 16.1 Å². The molecule has 3 aromatic rings. The van der Waals surface area contributed by atoms with Gasteiger partial charge in [0, 0.05) is 15.6 Å². The second kappa shape index (κ2) is 6.49. The van der Waals surface area contributed by atoms with E-state index in [1.165, 1.54) is 22.7 Å². The van der Waals surface area contributed by atoms with Crippen LogP contribution in [0.3, 0.4) is 0 Å². The van der Waals surface area contributed by atoms with Gasteiger partial charge in [-0.3, -0.25) is 9.59 Å². The van der Waals surface area contributed by atoms with E-state index < -0.39 is 23.0 Å². The number of amides is 1. The van der Waals surface area contributed by atoms with E-state index in [4.69, 9.17) is 5.11 Å². The lowest BCUT2D eigenvalue weighted by Gasteiger charge is -2.06. The highest BCUT2D eigenvalue weighted by atomic mass is 32.1. The molecule has 3 rings (SSSR count). The van der Waals surface area contributed by atoms with Gasteiger partial charge in [0.2, 0.25) is 5.75 Å². The molecule has 0 spiro atoms. The molecule has 8 nitrogen and oxygen atoms in total. The Morgan fingerprint density at radius 1 is 1.28 bits per heavy atom. The number of aryl methyl sites for hydroxylation is 1. The maximum absolute atomic E-state index is 12.3. The molecule has 0 saturated heterocycles. The summed E-state index contributed by atoms with van der Waals surface area (Å²) in [6.07, 6.45) is 0. The van der Waals surface area contributed by atoms with Crippen molar-refractivity contribution in [1.82, 2.24) is 9.97 Å². The number of nitrogens with zero attached hydrogens (tertiary/aromatic N) is 1. The van der Waals surface area contributed by atoms with Crippen molar-refractivity contribution in [1.29, 1.82) is 0 Å². The molecule has 10 heteroatoms. The van der Waals surface area contributed by atoms with Gasteiger partial charge in [0.15, 0.2) is 5.69 Å². The smallest absolute Gasteiger partial charge is 0.358 e. The van der Waals surface area contributed by atoms with E-state index in [0.29, 0.717) is 16.1 Å². The van der Waals surface area contributed by atoms with Crippen molar-refractivity contribution in [3.05, 3.63) is 48.7 Å². The van der Waals surface area contributed by atoms with E-state index >= 15 is 0 Å². The maximum Gasteiger partial charge on any atom is 0.358 e. The number of thiophene rings is 2. The fourth-order valence-electron chi connectivity index (χ4n) is 2.06. The van der Waals surface area contributed by atoms with Crippen LogP contribution < -0.4 is 10.9 Å². The van der Waals surface area contributed by atoms with Crippen LogP contribution in [-0.4, -0.2) is 32.1 Å². The van der Waals surface area contributed by atoms with Gasteiger partial charge >= 0.3 is 5.97 Å². The van der Waals surface area contributed by atoms with E-state index in [9.17, 15) is 19.5 Å². The normalized spacial score (nSPS) is 10.6. The van der Waals surface area contributed by atoms with Crippen molar-refractivity contribution in [3.63, 3.8) is 0 Å². The topological polar surface area (TPSA) is 132 Å². The lowest BCUT2D eigenvalue weighted by molar-refractivity contribution is 0.0686. The van der Waals surface area contributed by atoms with Crippen molar-refractivity contribution in [3.8, 4) is 17.1 Å². The number of nitrogens with one attached hydrogen (secondary N) is 2. The number of carboxylic acids is 1. The van der Waals surface area contributed by atoms with Gasteiger partial charge in [0.1, 0.15) is 5.82 Å². The molecule has 0 aromatic carbocycles. The summed E-state index contributed by atoms with van der Waals surface area (Å²) in [5.41, 5.74) is -0.992. The molecule has 3 aromatic heterocycles.